The van der Waals surface area contributed by atoms with Crippen molar-refractivity contribution in [3.05, 3.63) is 41.5 Å². The van der Waals surface area contributed by atoms with E-state index in [-0.39, 0.29) is 10.2 Å². The summed E-state index contributed by atoms with van der Waals surface area (Å²) >= 11 is 2.00. The van der Waals surface area contributed by atoms with Crippen LogP contribution in [0.5, 0.6) is 0 Å². The average Bonchev–Trinajstić information content (AvgIpc) is 2.51. The SMILES string of the molecule is Cc1ccc(N=C2N=C3CC(C)(C)CC4=CC5(C)CC(C)(C)CC(C5)(S2)C43)cc1. The van der Waals surface area contributed by atoms with E-state index in [2.05, 4.69) is 71.9 Å². The Morgan fingerprint density at radius 2 is 1.66 bits per heavy atom. The number of hydrogen-bond donors (Lipinski definition) is 0. The van der Waals surface area contributed by atoms with Gasteiger partial charge in [0.1, 0.15) is 0 Å². The third-order valence-corrected chi connectivity index (χ3v) is 8.56. The number of aliphatic imine (C=N–C) groups is 2. The summed E-state index contributed by atoms with van der Waals surface area (Å²) in [7, 11) is 0. The number of thioether (sulfide) groups is 1. The van der Waals surface area contributed by atoms with E-state index in [1.807, 2.05) is 11.8 Å². The zero-order chi connectivity index (χ0) is 20.7. The second kappa shape index (κ2) is 6.09. The number of rotatable bonds is 1. The van der Waals surface area contributed by atoms with Gasteiger partial charge in [0, 0.05) is 16.4 Å². The van der Waals surface area contributed by atoms with Crippen molar-refractivity contribution in [1.29, 1.82) is 0 Å². The number of hydrogen-bond acceptors (Lipinski definition) is 2. The molecular formula is C26H34N2S. The molecule has 1 aromatic carbocycles. The number of allylic oxidation sites excluding steroid dienone is 2. The molecule has 2 nitrogen and oxygen atoms in total. The van der Waals surface area contributed by atoms with E-state index in [1.165, 1.54) is 37.0 Å². The molecule has 2 bridgehead atoms. The van der Waals surface area contributed by atoms with Crippen LogP contribution in [0.3, 0.4) is 0 Å². The van der Waals surface area contributed by atoms with E-state index in [0.717, 1.165) is 17.3 Å². The van der Waals surface area contributed by atoms with Crippen molar-refractivity contribution in [3.8, 4) is 0 Å². The van der Waals surface area contributed by atoms with Crippen molar-refractivity contribution in [2.24, 2.45) is 32.1 Å². The maximum atomic E-state index is 5.20. The molecule has 5 rings (SSSR count). The van der Waals surface area contributed by atoms with Gasteiger partial charge in [-0.25, -0.2) is 9.98 Å². The monoisotopic (exact) mass is 406 g/mol. The molecule has 1 aromatic rings. The molecule has 0 amide bonds. The van der Waals surface area contributed by atoms with Gasteiger partial charge in [0.2, 0.25) is 0 Å². The lowest BCUT2D eigenvalue weighted by molar-refractivity contribution is 0.0774. The van der Waals surface area contributed by atoms with Gasteiger partial charge < -0.3 is 0 Å². The number of nitrogens with zero attached hydrogens (tertiary/aromatic N) is 2. The molecule has 2 fully saturated rings. The first-order chi connectivity index (χ1) is 13.5. The summed E-state index contributed by atoms with van der Waals surface area (Å²) in [5.74, 6) is 0.519. The van der Waals surface area contributed by atoms with E-state index in [0.29, 0.717) is 16.7 Å². The third kappa shape index (κ3) is 3.44. The molecule has 0 saturated heterocycles. The van der Waals surface area contributed by atoms with Crippen LogP contribution in [0.1, 0.15) is 72.3 Å². The Hall–Kier alpha value is -1.35. The largest absolute Gasteiger partial charge is 0.231 e. The van der Waals surface area contributed by atoms with Crippen molar-refractivity contribution in [2.45, 2.75) is 78.4 Å². The van der Waals surface area contributed by atoms with Gasteiger partial charge in [-0.3, -0.25) is 0 Å². The van der Waals surface area contributed by atoms with Gasteiger partial charge in [-0.2, -0.15) is 0 Å². The van der Waals surface area contributed by atoms with Crippen LogP contribution in [0, 0.1) is 29.1 Å². The summed E-state index contributed by atoms with van der Waals surface area (Å²) in [4.78, 5) is 10.2. The molecule has 4 aliphatic rings. The Bertz CT molecular complexity index is 949. The van der Waals surface area contributed by atoms with Crippen LogP contribution in [0.4, 0.5) is 5.69 Å². The number of amidine groups is 1. The molecule has 3 atom stereocenters. The predicted octanol–water partition coefficient (Wildman–Crippen LogP) is 7.50. The Morgan fingerprint density at radius 1 is 0.931 bits per heavy atom. The van der Waals surface area contributed by atoms with Gasteiger partial charge in [0.05, 0.1) is 5.69 Å². The molecule has 0 N–H and O–H groups in total. The molecular weight excluding hydrogens is 372 g/mol. The van der Waals surface area contributed by atoms with E-state index in [1.54, 1.807) is 5.57 Å². The third-order valence-electron chi connectivity index (χ3n) is 7.26. The van der Waals surface area contributed by atoms with Crippen LogP contribution in [0.25, 0.3) is 0 Å². The van der Waals surface area contributed by atoms with E-state index < -0.39 is 0 Å². The van der Waals surface area contributed by atoms with Gasteiger partial charge in [0.15, 0.2) is 5.17 Å². The highest BCUT2D eigenvalue weighted by molar-refractivity contribution is 8.15. The second-order valence-electron chi connectivity index (χ2n) is 12.0. The van der Waals surface area contributed by atoms with Crippen molar-refractivity contribution < 1.29 is 0 Å². The van der Waals surface area contributed by atoms with Crippen molar-refractivity contribution in [1.82, 2.24) is 0 Å². The molecule has 3 unspecified atom stereocenters. The van der Waals surface area contributed by atoms with Crippen molar-refractivity contribution in [3.63, 3.8) is 0 Å². The van der Waals surface area contributed by atoms with E-state index in [9.17, 15) is 0 Å². The van der Waals surface area contributed by atoms with Gasteiger partial charge >= 0.3 is 0 Å². The lowest BCUT2D eigenvalue weighted by Gasteiger charge is -2.61. The first-order valence-electron chi connectivity index (χ1n) is 11.1. The minimum Gasteiger partial charge on any atom is -0.231 e. The lowest BCUT2D eigenvalue weighted by Crippen LogP contribution is -2.58. The molecule has 0 aromatic heterocycles. The van der Waals surface area contributed by atoms with Crippen LogP contribution in [-0.4, -0.2) is 15.6 Å². The zero-order valence-corrected chi connectivity index (χ0v) is 19.6. The van der Waals surface area contributed by atoms with Gasteiger partial charge in [-0.15, -0.1) is 0 Å². The Labute approximate surface area is 180 Å². The fraction of sp³-hybridized carbons (Fsp3) is 0.615. The second-order valence-corrected chi connectivity index (χ2v) is 13.4. The van der Waals surface area contributed by atoms with Crippen LogP contribution < -0.4 is 0 Å². The van der Waals surface area contributed by atoms with Gasteiger partial charge in [0.25, 0.3) is 0 Å². The Balaban J connectivity index is 1.66. The summed E-state index contributed by atoms with van der Waals surface area (Å²) in [6.45, 7) is 14.4. The quantitative estimate of drug-likeness (QED) is 0.443. The Kier molecular flexibility index (Phi) is 4.12. The first kappa shape index (κ1) is 19.6. The minimum absolute atomic E-state index is 0.220. The highest BCUT2D eigenvalue weighted by Crippen LogP contribution is 2.66. The highest BCUT2D eigenvalue weighted by atomic mass is 32.2. The standard InChI is InChI=1S/C26H34N2S/c1-17-7-9-19(10-8-17)27-22-28-20-13-23(2,3)11-18-12-25(6)14-24(4,5)15-26(16-25,29-22)21(18)20/h7-10,12,21H,11,13-16H2,1-6H3. The maximum absolute atomic E-state index is 5.20. The molecule has 3 aliphatic carbocycles. The topological polar surface area (TPSA) is 24.7 Å². The molecule has 1 aliphatic heterocycles. The maximum Gasteiger partial charge on any atom is 0.188 e. The fourth-order valence-electron chi connectivity index (χ4n) is 7.17. The summed E-state index contributed by atoms with van der Waals surface area (Å²) in [6.07, 6.45) is 8.80. The van der Waals surface area contributed by atoms with Gasteiger partial charge in [-0.1, -0.05) is 75.7 Å². The van der Waals surface area contributed by atoms with Gasteiger partial charge in [-0.05, 0) is 67.4 Å². The van der Waals surface area contributed by atoms with Crippen molar-refractivity contribution >= 4 is 28.3 Å². The minimum atomic E-state index is 0.220. The molecule has 29 heavy (non-hydrogen) atoms. The Morgan fingerprint density at radius 3 is 2.38 bits per heavy atom. The van der Waals surface area contributed by atoms with Crippen LogP contribution >= 0.6 is 11.8 Å². The number of benzene rings is 1. The molecule has 3 heteroatoms. The first-order valence-corrected chi connectivity index (χ1v) is 11.9. The van der Waals surface area contributed by atoms with Crippen LogP contribution in [0.2, 0.25) is 0 Å². The molecule has 1 spiro atoms. The van der Waals surface area contributed by atoms with Crippen LogP contribution in [-0.2, 0) is 0 Å². The molecule has 154 valence electrons. The lowest BCUT2D eigenvalue weighted by atomic mass is 9.50. The zero-order valence-electron chi connectivity index (χ0n) is 18.8. The summed E-state index contributed by atoms with van der Waals surface area (Å²) in [5, 5.41) is 0.985. The van der Waals surface area contributed by atoms with E-state index in [4.69, 9.17) is 9.98 Å². The fourth-order valence-corrected chi connectivity index (χ4v) is 9.12. The molecule has 2 saturated carbocycles. The number of fused-ring (bicyclic) bond motifs is 1. The summed E-state index contributed by atoms with van der Waals surface area (Å²) < 4.78 is 0.220. The summed E-state index contributed by atoms with van der Waals surface area (Å²) in [5.41, 5.74) is 6.31. The average molecular weight is 407 g/mol. The number of aryl methyl sites for hydroxylation is 1. The smallest absolute Gasteiger partial charge is 0.188 e. The van der Waals surface area contributed by atoms with Crippen LogP contribution in [0.15, 0.2) is 45.9 Å². The normalized spacial score (nSPS) is 38.1. The molecule has 0 radical (unpaired) electrons. The highest BCUT2D eigenvalue weighted by Gasteiger charge is 2.61. The van der Waals surface area contributed by atoms with E-state index >= 15 is 0 Å². The summed E-state index contributed by atoms with van der Waals surface area (Å²) in [6, 6.07) is 8.54. The predicted molar refractivity (Wildman–Crippen MR) is 126 cm³/mol. The molecule has 1 heterocycles. The van der Waals surface area contributed by atoms with Crippen molar-refractivity contribution in [2.75, 3.05) is 0 Å².